The maximum absolute atomic E-state index is 6.97. The Labute approximate surface area is 173 Å². The fraction of sp³-hybridized carbons (Fsp3) is 0.826. The van der Waals surface area contributed by atoms with Gasteiger partial charge < -0.3 is 8.85 Å². The van der Waals surface area contributed by atoms with E-state index in [4.69, 9.17) is 8.85 Å². The van der Waals surface area contributed by atoms with Crippen LogP contribution < -0.4 is 0 Å². The highest BCUT2D eigenvalue weighted by molar-refractivity contribution is 6.74. The first-order valence-corrected chi connectivity index (χ1v) is 17.1. The van der Waals surface area contributed by atoms with Gasteiger partial charge in [0, 0.05) is 5.92 Å². The molecular weight excluding hydrogens is 364 g/mol. The molecule has 0 aromatic heterocycles. The molecule has 0 aliphatic carbocycles. The highest BCUT2D eigenvalue weighted by Gasteiger charge is 2.41. The van der Waals surface area contributed by atoms with Crippen LogP contribution in [0.3, 0.4) is 0 Å². The zero-order valence-electron chi connectivity index (χ0n) is 20.6. The van der Waals surface area contributed by atoms with Gasteiger partial charge in [-0.25, -0.2) is 0 Å². The van der Waals surface area contributed by atoms with Crippen molar-refractivity contribution in [1.29, 1.82) is 0 Å². The summed E-state index contributed by atoms with van der Waals surface area (Å²) in [6.45, 7) is 29.6. The van der Waals surface area contributed by atoms with E-state index in [-0.39, 0.29) is 17.1 Å². The first kappa shape index (κ1) is 26.7. The normalized spacial score (nSPS) is 18.3. The van der Waals surface area contributed by atoms with Gasteiger partial charge in [0.1, 0.15) is 0 Å². The molecule has 0 aromatic rings. The van der Waals surface area contributed by atoms with Crippen LogP contribution in [-0.2, 0) is 8.85 Å². The monoisotopic (exact) mass is 412 g/mol. The maximum Gasteiger partial charge on any atom is 0.241 e. The number of hydrogen-bond acceptors (Lipinski definition) is 2. The third-order valence-electron chi connectivity index (χ3n) is 5.58. The first-order valence-electron chi connectivity index (χ1n) is 10.8. The third kappa shape index (κ3) is 9.14. The Kier molecular flexibility index (Phi) is 10.3. The van der Waals surface area contributed by atoms with E-state index < -0.39 is 16.6 Å². The predicted octanol–water partition coefficient (Wildman–Crippen LogP) is 8.15. The quantitative estimate of drug-likeness (QED) is 0.205. The van der Waals surface area contributed by atoms with Gasteiger partial charge in [0.2, 0.25) is 8.32 Å². The molecule has 0 rings (SSSR count). The lowest BCUT2D eigenvalue weighted by Gasteiger charge is -2.42. The predicted molar refractivity (Wildman–Crippen MR) is 127 cm³/mol. The Morgan fingerprint density at radius 1 is 1.04 bits per heavy atom. The molecule has 0 bridgehead atoms. The summed E-state index contributed by atoms with van der Waals surface area (Å²) in [5.41, 5.74) is 1.35. The maximum atomic E-state index is 6.97. The molecule has 0 amide bonds. The van der Waals surface area contributed by atoms with Crippen LogP contribution in [0.5, 0.6) is 0 Å². The van der Waals surface area contributed by atoms with Crippen molar-refractivity contribution in [2.75, 3.05) is 0 Å². The lowest BCUT2D eigenvalue weighted by molar-refractivity contribution is 0.149. The highest BCUT2D eigenvalue weighted by Crippen LogP contribution is 2.40. The number of allylic oxidation sites excluding steroid dienone is 2. The van der Waals surface area contributed by atoms with Crippen LogP contribution in [0, 0.1) is 11.8 Å². The molecular formula is C23H48O2Si2. The molecule has 0 heterocycles. The first-order chi connectivity index (χ1) is 12.1. The zero-order chi connectivity index (χ0) is 21.6. The number of hydrogen-bond donors (Lipinski definition) is 0. The van der Waals surface area contributed by atoms with Crippen LogP contribution in [0.2, 0.25) is 37.8 Å². The van der Waals surface area contributed by atoms with Crippen LogP contribution in [0.15, 0.2) is 23.5 Å². The van der Waals surface area contributed by atoms with Gasteiger partial charge in [-0.2, -0.15) is 0 Å². The Balaban J connectivity index is 5.90. The van der Waals surface area contributed by atoms with Crippen molar-refractivity contribution in [1.82, 2.24) is 0 Å². The summed E-state index contributed by atoms with van der Waals surface area (Å²) >= 11 is 0. The van der Waals surface area contributed by atoms with Crippen LogP contribution in [-0.4, -0.2) is 22.7 Å². The molecule has 2 nitrogen and oxygen atoms in total. The Bertz CT molecular complexity index is 507. The summed E-state index contributed by atoms with van der Waals surface area (Å²) in [6.07, 6.45) is 7.09. The Hall–Kier alpha value is -0.326. The third-order valence-corrected chi connectivity index (χ3v) is 10.9. The zero-order valence-corrected chi connectivity index (χ0v) is 22.6. The molecule has 0 radical (unpaired) electrons. The van der Waals surface area contributed by atoms with Crippen molar-refractivity contribution < 1.29 is 8.85 Å². The van der Waals surface area contributed by atoms with E-state index in [0.29, 0.717) is 5.92 Å². The molecule has 27 heavy (non-hydrogen) atoms. The lowest BCUT2D eigenvalue weighted by Crippen LogP contribution is -2.46. The molecule has 0 spiro atoms. The van der Waals surface area contributed by atoms with Gasteiger partial charge in [0.15, 0.2) is 8.32 Å². The summed E-state index contributed by atoms with van der Waals surface area (Å²) in [7, 11) is -3.55. The molecule has 0 saturated heterocycles. The second kappa shape index (κ2) is 10.5. The van der Waals surface area contributed by atoms with Crippen LogP contribution in [0.25, 0.3) is 0 Å². The summed E-state index contributed by atoms with van der Waals surface area (Å²) in [5, 5.41) is 0.190. The topological polar surface area (TPSA) is 18.5 Å². The Morgan fingerprint density at radius 3 is 1.93 bits per heavy atom. The largest absolute Gasteiger partial charge is 0.547 e. The second-order valence-corrected chi connectivity index (χ2v) is 19.9. The van der Waals surface area contributed by atoms with Gasteiger partial charge >= 0.3 is 0 Å². The minimum absolute atomic E-state index is 0.0766. The van der Waals surface area contributed by atoms with Gasteiger partial charge in [0.05, 0.1) is 11.9 Å². The molecule has 0 fully saturated rings. The summed E-state index contributed by atoms with van der Waals surface area (Å²) in [5.74, 6) is 1.90. The molecule has 0 aliphatic rings. The highest BCUT2D eigenvalue weighted by atomic mass is 28.4. The lowest BCUT2D eigenvalue weighted by atomic mass is 9.93. The van der Waals surface area contributed by atoms with Crippen molar-refractivity contribution in [2.24, 2.45) is 11.8 Å². The molecule has 0 aromatic carbocycles. The molecule has 160 valence electrons. The van der Waals surface area contributed by atoms with E-state index in [0.717, 1.165) is 5.76 Å². The Morgan fingerprint density at radius 2 is 1.56 bits per heavy atom. The average molecular weight is 413 g/mol. The van der Waals surface area contributed by atoms with Crippen molar-refractivity contribution >= 4 is 16.6 Å². The summed E-state index contributed by atoms with van der Waals surface area (Å²) in [6, 6.07) is 0. The van der Waals surface area contributed by atoms with E-state index >= 15 is 0 Å². The van der Waals surface area contributed by atoms with Crippen molar-refractivity contribution in [2.45, 2.75) is 112 Å². The summed E-state index contributed by atoms with van der Waals surface area (Å²) in [4.78, 5) is 0. The fourth-order valence-corrected chi connectivity index (χ4v) is 5.47. The van der Waals surface area contributed by atoms with E-state index in [9.17, 15) is 0 Å². The van der Waals surface area contributed by atoms with Crippen LogP contribution in [0.1, 0.15) is 68.2 Å². The van der Waals surface area contributed by atoms with Crippen molar-refractivity contribution in [3.05, 3.63) is 23.5 Å². The average Bonchev–Trinajstić information content (AvgIpc) is 2.47. The SMILES string of the molecule is C/C=C(\O[Si](C)(C)C)[C@H](C)[C@H](O[Si](C)(C)C(C)(C)C)/C(C)=C/[C@H](C)CCC. The molecule has 4 heteroatoms. The molecule has 0 aliphatic heterocycles. The van der Waals surface area contributed by atoms with Gasteiger partial charge in [0.25, 0.3) is 0 Å². The minimum Gasteiger partial charge on any atom is -0.547 e. The van der Waals surface area contributed by atoms with Crippen LogP contribution in [0.4, 0.5) is 0 Å². The van der Waals surface area contributed by atoms with Gasteiger partial charge in [-0.15, -0.1) is 0 Å². The molecule has 0 unspecified atom stereocenters. The fourth-order valence-electron chi connectivity index (χ4n) is 3.08. The van der Waals surface area contributed by atoms with E-state index in [1.807, 2.05) is 0 Å². The van der Waals surface area contributed by atoms with Crippen LogP contribution >= 0.6 is 0 Å². The van der Waals surface area contributed by atoms with Gasteiger partial charge in [-0.1, -0.05) is 60.1 Å². The van der Waals surface area contributed by atoms with Gasteiger partial charge in [-0.05, 0) is 69.5 Å². The van der Waals surface area contributed by atoms with E-state index in [2.05, 4.69) is 100 Å². The molecule has 3 atom stereocenters. The van der Waals surface area contributed by atoms with E-state index in [1.165, 1.54) is 18.4 Å². The van der Waals surface area contributed by atoms with Gasteiger partial charge in [-0.3, -0.25) is 0 Å². The minimum atomic E-state index is -1.89. The smallest absolute Gasteiger partial charge is 0.241 e. The molecule has 0 N–H and O–H groups in total. The van der Waals surface area contributed by atoms with Crippen molar-refractivity contribution in [3.63, 3.8) is 0 Å². The molecule has 0 saturated carbocycles. The van der Waals surface area contributed by atoms with E-state index in [1.54, 1.807) is 0 Å². The van der Waals surface area contributed by atoms with Crippen molar-refractivity contribution in [3.8, 4) is 0 Å². The second-order valence-electron chi connectivity index (χ2n) is 10.7. The number of rotatable bonds is 10. The standard InChI is InChI=1S/C23H48O2Si2/c1-14-16-18(3)17-19(4)22(25-27(12,13)23(6,7)8)20(5)21(15-2)24-26(9,10)11/h15,17-18,20,22H,14,16H2,1-13H3/b19-17+,21-15-/t18-,20+,22-/m1/s1. The summed E-state index contributed by atoms with van der Waals surface area (Å²) < 4.78 is 13.4.